The molecule has 102 valence electrons. The number of benzene rings is 1. The summed E-state index contributed by atoms with van der Waals surface area (Å²) >= 11 is 0. The van der Waals surface area contributed by atoms with Gasteiger partial charge in [-0.25, -0.2) is 9.18 Å². The molecular formula is C13H15FN2O3. The molecule has 1 aromatic carbocycles. The van der Waals surface area contributed by atoms with E-state index in [1.165, 1.54) is 24.3 Å². The molecule has 0 bridgehead atoms. The van der Waals surface area contributed by atoms with Gasteiger partial charge in [0.25, 0.3) is 0 Å². The van der Waals surface area contributed by atoms with Crippen LogP contribution in [-0.4, -0.2) is 35.1 Å². The van der Waals surface area contributed by atoms with E-state index in [1.807, 2.05) is 0 Å². The number of nitrogens with one attached hydrogen (secondary N) is 1. The number of halogens is 1. The van der Waals surface area contributed by atoms with Crippen LogP contribution in [0.25, 0.3) is 0 Å². The molecule has 2 N–H and O–H groups in total. The molecule has 0 saturated heterocycles. The third-order valence-electron chi connectivity index (χ3n) is 2.40. The lowest BCUT2D eigenvalue weighted by molar-refractivity contribution is -0.137. The van der Waals surface area contributed by atoms with Crippen LogP contribution in [-0.2, 0) is 4.79 Å². The summed E-state index contributed by atoms with van der Waals surface area (Å²) in [7, 11) is 0. The van der Waals surface area contributed by atoms with Crippen LogP contribution >= 0.6 is 0 Å². The fourth-order valence-corrected chi connectivity index (χ4v) is 1.46. The number of anilines is 1. The number of carbonyl (C=O) groups is 2. The van der Waals surface area contributed by atoms with Crippen molar-refractivity contribution in [2.24, 2.45) is 0 Å². The molecule has 5 nitrogen and oxygen atoms in total. The number of urea groups is 1. The summed E-state index contributed by atoms with van der Waals surface area (Å²) < 4.78 is 13.1. The minimum absolute atomic E-state index is 0.0898. The van der Waals surface area contributed by atoms with E-state index >= 15 is 0 Å². The average Bonchev–Trinajstić information content (AvgIpc) is 2.32. The molecule has 0 saturated carbocycles. The van der Waals surface area contributed by atoms with E-state index in [2.05, 4.69) is 11.9 Å². The number of amides is 2. The molecule has 6 heteroatoms. The van der Waals surface area contributed by atoms with Gasteiger partial charge in [-0.3, -0.25) is 4.79 Å². The second kappa shape index (κ2) is 6.53. The van der Waals surface area contributed by atoms with E-state index in [9.17, 15) is 14.0 Å². The summed E-state index contributed by atoms with van der Waals surface area (Å²) in [6.07, 6.45) is 1.42. The molecule has 0 aliphatic rings. The minimum Gasteiger partial charge on any atom is -0.480 e. The van der Waals surface area contributed by atoms with Crippen molar-refractivity contribution >= 4 is 17.7 Å². The van der Waals surface area contributed by atoms with Crippen molar-refractivity contribution in [3.63, 3.8) is 0 Å². The van der Waals surface area contributed by atoms with Crippen LogP contribution in [0.3, 0.4) is 0 Å². The van der Waals surface area contributed by atoms with Crippen LogP contribution in [0.15, 0.2) is 30.9 Å². The maximum Gasteiger partial charge on any atom is 0.323 e. The van der Waals surface area contributed by atoms with Crippen molar-refractivity contribution < 1.29 is 19.1 Å². The monoisotopic (exact) mass is 266 g/mol. The standard InChI is InChI=1S/C13H15FN2O3/c1-3-6-16(8-12(17)18)13(19)15-11-7-10(14)5-4-9(11)2/h3-5,7H,1,6,8H2,2H3,(H,15,19)(H,17,18). The average molecular weight is 266 g/mol. The highest BCUT2D eigenvalue weighted by atomic mass is 19.1. The second-order valence-electron chi connectivity index (χ2n) is 3.95. The quantitative estimate of drug-likeness (QED) is 0.803. The predicted molar refractivity (Wildman–Crippen MR) is 69.6 cm³/mol. The molecule has 0 atom stereocenters. The first-order valence-corrected chi connectivity index (χ1v) is 5.58. The fourth-order valence-electron chi connectivity index (χ4n) is 1.46. The first kappa shape index (κ1) is 14.7. The smallest absolute Gasteiger partial charge is 0.323 e. The zero-order chi connectivity index (χ0) is 14.4. The maximum absolute atomic E-state index is 13.1. The molecule has 0 aliphatic carbocycles. The normalized spacial score (nSPS) is 9.79. The molecule has 0 aromatic heterocycles. The number of aryl methyl sites for hydroxylation is 1. The molecule has 0 heterocycles. The summed E-state index contributed by atoms with van der Waals surface area (Å²) in [5, 5.41) is 11.2. The summed E-state index contributed by atoms with van der Waals surface area (Å²) in [6, 6.07) is 3.38. The molecule has 0 unspecified atom stereocenters. The number of rotatable bonds is 5. The van der Waals surface area contributed by atoms with Gasteiger partial charge in [0, 0.05) is 12.2 Å². The van der Waals surface area contributed by atoms with Gasteiger partial charge in [0.2, 0.25) is 0 Å². The molecule has 0 radical (unpaired) electrons. The van der Waals surface area contributed by atoms with Crippen LogP contribution in [0.2, 0.25) is 0 Å². The van der Waals surface area contributed by atoms with E-state index < -0.39 is 24.4 Å². The second-order valence-corrected chi connectivity index (χ2v) is 3.95. The summed E-state index contributed by atoms with van der Waals surface area (Å²) in [6.45, 7) is 4.80. The van der Waals surface area contributed by atoms with Crippen LogP contribution in [0.5, 0.6) is 0 Å². The number of carboxylic acids is 1. The summed E-state index contributed by atoms with van der Waals surface area (Å²) in [5.41, 5.74) is 0.994. The maximum atomic E-state index is 13.1. The van der Waals surface area contributed by atoms with Gasteiger partial charge in [-0.15, -0.1) is 6.58 Å². The van der Waals surface area contributed by atoms with Gasteiger partial charge in [0.1, 0.15) is 12.4 Å². The lowest BCUT2D eigenvalue weighted by atomic mass is 10.2. The largest absolute Gasteiger partial charge is 0.480 e. The summed E-state index contributed by atoms with van der Waals surface area (Å²) in [5.74, 6) is -1.61. The Morgan fingerprint density at radius 1 is 1.53 bits per heavy atom. The molecule has 19 heavy (non-hydrogen) atoms. The number of carboxylic acid groups (broad SMARTS) is 1. The Bertz CT molecular complexity index is 503. The third kappa shape index (κ3) is 4.42. The van der Waals surface area contributed by atoms with Crippen molar-refractivity contribution in [1.82, 2.24) is 4.90 Å². The Labute approximate surface area is 110 Å². The number of hydrogen-bond donors (Lipinski definition) is 2. The molecule has 2 amide bonds. The van der Waals surface area contributed by atoms with Gasteiger partial charge in [0.05, 0.1) is 0 Å². The topological polar surface area (TPSA) is 69.6 Å². The minimum atomic E-state index is -1.13. The number of carbonyl (C=O) groups excluding carboxylic acids is 1. The van der Waals surface area contributed by atoms with E-state index in [4.69, 9.17) is 5.11 Å². The van der Waals surface area contributed by atoms with Crippen molar-refractivity contribution in [3.05, 3.63) is 42.2 Å². The first-order chi connectivity index (χ1) is 8.93. The number of hydrogen-bond acceptors (Lipinski definition) is 2. The van der Waals surface area contributed by atoms with Crippen molar-refractivity contribution in [2.75, 3.05) is 18.4 Å². The number of nitrogens with zero attached hydrogens (tertiary/aromatic N) is 1. The van der Waals surface area contributed by atoms with Crippen molar-refractivity contribution in [2.45, 2.75) is 6.92 Å². The molecule has 0 spiro atoms. The predicted octanol–water partition coefficient (Wildman–Crippen LogP) is 2.24. The Morgan fingerprint density at radius 3 is 2.79 bits per heavy atom. The van der Waals surface area contributed by atoms with Gasteiger partial charge in [0.15, 0.2) is 0 Å². The Hall–Kier alpha value is -2.37. The Balaban J connectivity index is 2.83. The fraction of sp³-hybridized carbons (Fsp3) is 0.231. The highest BCUT2D eigenvalue weighted by molar-refractivity contribution is 5.92. The van der Waals surface area contributed by atoms with Crippen molar-refractivity contribution in [1.29, 1.82) is 0 Å². The molecule has 0 aliphatic heterocycles. The van der Waals surface area contributed by atoms with E-state index in [-0.39, 0.29) is 6.54 Å². The van der Waals surface area contributed by atoms with E-state index in [0.717, 1.165) is 4.90 Å². The Kier molecular flexibility index (Phi) is 5.05. The van der Waals surface area contributed by atoms with E-state index in [1.54, 1.807) is 6.92 Å². The number of aliphatic carboxylic acids is 1. The third-order valence-corrected chi connectivity index (χ3v) is 2.40. The van der Waals surface area contributed by atoms with Crippen LogP contribution in [0.1, 0.15) is 5.56 Å². The van der Waals surface area contributed by atoms with Gasteiger partial charge in [-0.1, -0.05) is 12.1 Å². The SMILES string of the molecule is C=CCN(CC(=O)O)C(=O)Nc1cc(F)ccc1C. The lowest BCUT2D eigenvalue weighted by Crippen LogP contribution is -2.39. The van der Waals surface area contributed by atoms with Gasteiger partial charge >= 0.3 is 12.0 Å². The lowest BCUT2D eigenvalue weighted by Gasteiger charge is -2.20. The first-order valence-electron chi connectivity index (χ1n) is 5.58. The van der Waals surface area contributed by atoms with Crippen molar-refractivity contribution in [3.8, 4) is 0 Å². The van der Waals surface area contributed by atoms with Gasteiger partial charge in [-0.2, -0.15) is 0 Å². The van der Waals surface area contributed by atoms with Crippen LogP contribution < -0.4 is 5.32 Å². The molecule has 0 fully saturated rings. The van der Waals surface area contributed by atoms with Gasteiger partial charge in [-0.05, 0) is 24.6 Å². The van der Waals surface area contributed by atoms with Crippen LogP contribution in [0.4, 0.5) is 14.9 Å². The molecular weight excluding hydrogens is 251 g/mol. The Morgan fingerprint density at radius 2 is 2.21 bits per heavy atom. The molecule has 1 rings (SSSR count). The molecule has 1 aromatic rings. The zero-order valence-corrected chi connectivity index (χ0v) is 10.5. The summed E-state index contributed by atoms with van der Waals surface area (Å²) in [4.78, 5) is 23.6. The van der Waals surface area contributed by atoms with Gasteiger partial charge < -0.3 is 15.3 Å². The van der Waals surface area contributed by atoms with Crippen LogP contribution in [0, 0.1) is 12.7 Å². The highest BCUT2D eigenvalue weighted by Gasteiger charge is 2.16. The van der Waals surface area contributed by atoms with E-state index in [0.29, 0.717) is 11.3 Å². The zero-order valence-electron chi connectivity index (χ0n) is 10.5. The highest BCUT2D eigenvalue weighted by Crippen LogP contribution is 2.16.